The largest absolute Gasteiger partial charge is 0.309 e. The maximum absolute atomic E-state index is 11.7. The van der Waals surface area contributed by atoms with E-state index in [-0.39, 0.29) is 5.91 Å². The van der Waals surface area contributed by atoms with Crippen molar-refractivity contribution in [3.63, 3.8) is 0 Å². The molecule has 4 nitrogen and oxygen atoms in total. The summed E-state index contributed by atoms with van der Waals surface area (Å²) in [7, 11) is 0. The molecule has 1 aromatic rings. The van der Waals surface area contributed by atoms with Crippen molar-refractivity contribution in [2.75, 3.05) is 5.32 Å². The molecule has 1 amide bonds. The summed E-state index contributed by atoms with van der Waals surface area (Å²) in [4.78, 5) is 15.8. The van der Waals surface area contributed by atoms with Crippen LogP contribution in [0.3, 0.4) is 0 Å². The zero-order valence-corrected chi connectivity index (χ0v) is 10.3. The van der Waals surface area contributed by atoms with E-state index in [9.17, 15) is 4.79 Å². The number of carbonyl (C=O) groups excluding carboxylic acids is 1. The fourth-order valence-electron chi connectivity index (χ4n) is 1.36. The van der Waals surface area contributed by atoms with Gasteiger partial charge in [0.05, 0.1) is 6.07 Å². The van der Waals surface area contributed by atoms with Gasteiger partial charge in [0.25, 0.3) is 0 Å². The second kappa shape index (κ2) is 3.87. The topological polar surface area (TPSA) is 65.8 Å². The van der Waals surface area contributed by atoms with Gasteiger partial charge in [0, 0.05) is 10.7 Å². The number of pyridine rings is 1. The van der Waals surface area contributed by atoms with Crippen molar-refractivity contribution < 1.29 is 4.79 Å². The maximum Gasteiger partial charge on any atom is 0.246 e. The third-order valence-corrected chi connectivity index (χ3v) is 3.52. The highest BCUT2D eigenvalue weighted by Crippen LogP contribution is 2.45. The van der Waals surface area contributed by atoms with Crippen LogP contribution in [0.15, 0.2) is 16.7 Å². The monoisotopic (exact) mass is 279 g/mol. The lowest BCUT2D eigenvalue weighted by Crippen LogP contribution is -2.23. The summed E-state index contributed by atoms with van der Waals surface area (Å²) in [5.74, 6) is 0.247. The average molecular weight is 280 g/mol. The Labute approximate surface area is 102 Å². The summed E-state index contributed by atoms with van der Waals surface area (Å²) >= 11 is 3.33. The molecule has 1 aromatic heterocycles. The summed E-state index contributed by atoms with van der Waals surface area (Å²) in [5.41, 5.74) is 0.190. The number of halogens is 1. The minimum atomic E-state index is -0.803. The lowest BCUT2D eigenvalue weighted by Gasteiger charge is -2.08. The summed E-state index contributed by atoms with van der Waals surface area (Å²) in [6, 6.07) is 3.82. The number of aromatic nitrogens is 1. The first-order valence-corrected chi connectivity index (χ1v) is 5.71. The lowest BCUT2D eigenvalue weighted by atomic mass is 10.1. The van der Waals surface area contributed by atoms with Gasteiger partial charge in [-0.2, -0.15) is 5.26 Å². The van der Waals surface area contributed by atoms with Crippen LogP contribution in [0, 0.1) is 23.7 Å². The van der Waals surface area contributed by atoms with E-state index in [2.05, 4.69) is 26.2 Å². The molecule has 0 saturated heterocycles. The van der Waals surface area contributed by atoms with Crippen molar-refractivity contribution >= 4 is 27.7 Å². The van der Waals surface area contributed by atoms with E-state index in [0.717, 1.165) is 10.0 Å². The van der Waals surface area contributed by atoms with Crippen LogP contribution in [-0.4, -0.2) is 10.9 Å². The first kappa shape index (κ1) is 11.1. The van der Waals surface area contributed by atoms with Gasteiger partial charge in [-0.3, -0.25) is 4.79 Å². The molecule has 1 fully saturated rings. The van der Waals surface area contributed by atoms with E-state index in [4.69, 9.17) is 5.26 Å². The molecule has 0 unspecified atom stereocenters. The standard InChI is InChI=1S/C11H10BrN3O/c1-7-4-9(14-5-8(7)12)15-10(16)11(6-13)2-3-11/h4-5H,2-3H2,1H3,(H,14,15,16). The SMILES string of the molecule is Cc1cc(NC(=O)C2(C#N)CC2)ncc1Br. The van der Waals surface area contributed by atoms with Crippen LogP contribution in [0.2, 0.25) is 0 Å². The second-order valence-corrected chi connectivity index (χ2v) is 4.82. The molecule has 5 heteroatoms. The van der Waals surface area contributed by atoms with E-state index in [1.54, 1.807) is 12.3 Å². The highest BCUT2D eigenvalue weighted by Gasteiger charge is 2.50. The molecule has 0 aliphatic heterocycles. The zero-order chi connectivity index (χ0) is 11.8. The van der Waals surface area contributed by atoms with E-state index in [1.807, 2.05) is 13.0 Å². The van der Waals surface area contributed by atoms with Crippen molar-refractivity contribution in [3.8, 4) is 6.07 Å². The number of nitrogens with zero attached hydrogens (tertiary/aromatic N) is 2. The number of rotatable bonds is 2. The summed E-state index contributed by atoms with van der Waals surface area (Å²) in [6.07, 6.45) is 2.92. The quantitative estimate of drug-likeness (QED) is 0.904. The predicted molar refractivity (Wildman–Crippen MR) is 62.6 cm³/mol. The Morgan fingerprint density at radius 2 is 2.38 bits per heavy atom. The highest BCUT2D eigenvalue weighted by molar-refractivity contribution is 9.10. The fourth-order valence-corrected chi connectivity index (χ4v) is 1.58. The van der Waals surface area contributed by atoms with Crippen molar-refractivity contribution in [1.29, 1.82) is 5.26 Å². The molecular weight excluding hydrogens is 270 g/mol. The van der Waals surface area contributed by atoms with Crippen LogP contribution < -0.4 is 5.32 Å². The minimum Gasteiger partial charge on any atom is -0.309 e. The molecule has 2 rings (SSSR count). The third kappa shape index (κ3) is 1.93. The highest BCUT2D eigenvalue weighted by atomic mass is 79.9. The van der Waals surface area contributed by atoms with Gasteiger partial charge >= 0.3 is 0 Å². The fraction of sp³-hybridized carbons (Fsp3) is 0.364. The summed E-state index contributed by atoms with van der Waals surface area (Å²) < 4.78 is 0.895. The average Bonchev–Trinajstić information content (AvgIpc) is 3.04. The van der Waals surface area contributed by atoms with E-state index in [1.165, 1.54) is 0 Å². The van der Waals surface area contributed by atoms with Crippen LogP contribution >= 0.6 is 15.9 Å². The van der Waals surface area contributed by atoms with Gasteiger partial charge in [0.2, 0.25) is 5.91 Å². The molecular formula is C11H10BrN3O. The van der Waals surface area contributed by atoms with Crippen LogP contribution in [0.1, 0.15) is 18.4 Å². The van der Waals surface area contributed by atoms with Crippen molar-refractivity contribution in [1.82, 2.24) is 4.98 Å². The van der Waals surface area contributed by atoms with E-state index < -0.39 is 5.41 Å². The van der Waals surface area contributed by atoms with Crippen LogP contribution in [-0.2, 0) is 4.79 Å². The zero-order valence-electron chi connectivity index (χ0n) is 8.75. The van der Waals surface area contributed by atoms with Crippen LogP contribution in [0.25, 0.3) is 0 Å². The third-order valence-electron chi connectivity index (χ3n) is 2.69. The first-order valence-electron chi connectivity index (χ1n) is 4.92. The minimum absolute atomic E-state index is 0.246. The number of nitriles is 1. The van der Waals surface area contributed by atoms with E-state index in [0.29, 0.717) is 18.7 Å². The van der Waals surface area contributed by atoms with Gasteiger partial charge < -0.3 is 5.32 Å². The molecule has 1 heterocycles. The lowest BCUT2D eigenvalue weighted by molar-refractivity contribution is -0.119. The molecule has 16 heavy (non-hydrogen) atoms. The van der Waals surface area contributed by atoms with Crippen molar-refractivity contribution in [2.45, 2.75) is 19.8 Å². The molecule has 0 bridgehead atoms. The molecule has 82 valence electrons. The molecule has 1 saturated carbocycles. The normalized spacial score (nSPS) is 16.3. The van der Waals surface area contributed by atoms with Gasteiger partial charge in [-0.25, -0.2) is 4.98 Å². The Kier molecular flexibility index (Phi) is 2.68. The number of aryl methyl sites for hydroxylation is 1. The smallest absolute Gasteiger partial charge is 0.246 e. The number of anilines is 1. The van der Waals surface area contributed by atoms with Gasteiger partial charge in [-0.1, -0.05) is 0 Å². The molecule has 1 aliphatic carbocycles. The Balaban J connectivity index is 2.13. The molecule has 1 N–H and O–H groups in total. The predicted octanol–water partition coefficient (Wildman–Crippen LogP) is 2.39. The van der Waals surface area contributed by atoms with Crippen LogP contribution in [0.5, 0.6) is 0 Å². The molecule has 0 spiro atoms. The Morgan fingerprint density at radius 1 is 1.69 bits per heavy atom. The second-order valence-electron chi connectivity index (χ2n) is 3.97. The van der Waals surface area contributed by atoms with Crippen LogP contribution in [0.4, 0.5) is 5.82 Å². The number of amides is 1. The van der Waals surface area contributed by atoms with Gasteiger partial charge in [-0.15, -0.1) is 0 Å². The molecule has 0 atom stereocenters. The Hall–Kier alpha value is -1.41. The van der Waals surface area contributed by atoms with Gasteiger partial charge in [0.1, 0.15) is 11.2 Å². The van der Waals surface area contributed by atoms with Gasteiger partial charge in [-0.05, 0) is 47.3 Å². The first-order chi connectivity index (χ1) is 7.57. The molecule has 0 radical (unpaired) electrons. The molecule has 1 aliphatic rings. The molecule has 0 aromatic carbocycles. The maximum atomic E-state index is 11.7. The summed E-state index contributed by atoms with van der Waals surface area (Å²) in [5, 5.41) is 11.5. The number of nitrogens with one attached hydrogen (secondary N) is 1. The number of hydrogen-bond acceptors (Lipinski definition) is 3. The Morgan fingerprint density at radius 3 is 2.88 bits per heavy atom. The van der Waals surface area contributed by atoms with Crippen molar-refractivity contribution in [2.24, 2.45) is 5.41 Å². The Bertz CT molecular complexity index is 488. The number of carbonyl (C=O) groups is 1. The van der Waals surface area contributed by atoms with E-state index >= 15 is 0 Å². The number of hydrogen-bond donors (Lipinski definition) is 1. The van der Waals surface area contributed by atoms with Crippen molar-refractivity contribution in [3.05, 3.63) is 22.3 Å². The van der Waals surface area contributed by atoms with Gasteiger partial charge in [0.15, 0.2) is 0 Å². The summed E-state index contributed by atoms with van der Waals surface area (Å²) in [6.45, 7) is 1.92.